The average Bonchev–Trinajstić information content (AvgIpc) is 3.08. The van der Waals surface area contributed by atoms with Crippen molar-refractivity contribution >= 4 is 17.2 Å². The highest BCUT2D eigenvalue weighted by Gasteiger charge is 2.24. The minimum atomic E-state index is 0.150. The fourth-order valence-corrected chi connectivity index (χ4v) is 3.71. The van der Waals surface area contributed by atoms with E-state index in [1.807, 2.05) is 24.0 Å². The van der Waals surface area contributed by atoms with E-state index >= 15 is 0 Å². The summed E-state index contributed by atoms with van der Waals surface area (Å²) in [6.07, 6.45) is 2.24. The Hall–Kier alpha value is -1.68. The van der Waals surface area contributed by atoms with Crippen molar-refractivity contribution in [2.45, 2.75) is 26.7 Å². The fraction of sp³-hybridized carbons (Fsp3) is 0.375. The minimum Gasteiger partial charge on any atom is -0.338 e. The molecule has 104 valence electrons. The molecule has 1 fully saturated rings. The van der Waals surface area contributed by atoms with Crippen LogP contribution in [0.1, 0.15) is 33.8 Å². The number of aromatic nitrogens is 1. The van der Waals surface area contributed by atoms with Crippen LogP contribution in [0.3, 0.4) is 0 Å². The van der Waals surface area contributed by atoms with Gasteiger partial charge in [-0.3, -0.25) is 4.79 Å². The lowest BCUT2D eigenvalue weighted by molar-refractivity contribution is 0.0796. The topological polar surface area (TPSA) is 33.2 Å². The van der Waals surface area contributed by atoms with Crippen molar-refractivity contribution in [2.24, 2.45) is 0 Å². The lowest BCUT2D eigenvalue weighted by Crippen LogP contribution is -2.27. The molecule has 2 heterocycles. The number of aryl methyl sites for hydroxylation is 2. The standard InChI is InChI=1S/C16H18N2OS/c1-11-7-3-4-8-13(11)15-17-12(2)14(20-15)16(19)18-9-5-6-10-18/h3-4,7-8H,5-6,9-10H2,1-2H3. The summed E-state index contributed by atoms with van der Waals surface area (Å²) in [4.78, 5) is 19.8. The van der Waals surface area contributed by atoms with E-state index in [1.54, 1.807) is 0 Å². The number of amides is 1. The first-order valence-electron chi connectivity index (χ1n) is 6.99. The smallest absolute Gasteiger partial charge is 0.265 e. The van der Waals surface area contributed by atoms with E-state index in [9.17, 15) is 4.79 Å². The lowest BCUT2D eigenvalue weighted by atomic mass is 10.1. The third-order valence-corrected chi connectivity index (χ3v) is 4.94. The summed E-state index contributed by atoms with van der Waals surface area (Å²) in [5.41, 5.74) is 3.17. The third kappa shape index (κ3) is 2.36. The van der Waals surface area contributed by atoms with Crippen LogP contribution in [0.2, 0.25) is 0 Å². The van der Waals surface area contributed by atoms with Crippen LogP contribution in [0.5, 0.6) is 0 Å². The molecule has 1 aliphatic heterocycles. The van der Waals surface area contributed by atoms with Gasteiger partial charge in [0.1, 0.15) is 9.88 Å². The molecule has 2 aromatic rings. The second-order valence-corrected chi connectivity index (χ2v) is 6.25. The number of hydrogen-bond donors (Lipinski definition) is 0. The van der Waals surface area contributed by atoms with Crippen LogP contribution in [0.15, 0.2) is 24.3 Å². The summed E-state index contributed by atoms with van der Waals surface area (Å²) < 4.78 is 0. The van der Waals surface area contributed by atoms with Gasteiger partial charge < -0.3 is 4.90 Å². The van der Waals surface area contributed by atoms with Crippen molar-refractivity contribution in [1.82, 2.24) is 9.88 Å². The van der Waals surface area contributed by atoms with Gasteiger partial charge in [0.15, 0.2) is 0 Å². The second kappa shape index (κ2) is 5.37. The molecule has 0 radical (unpaired) electrons. The number of carbonyl (C=O) groups excluding carboxylic acids is 1. The van der Waals surface area contributed by atoms with E-state index in [1.165, 1.54) is 16.9 Å². The van der Waals surface area contributed by atoms with E-state index < -0.39 is 0 Å². The summed E-state index contributed by atoms with van der Waals surface area (Å²) in [6, 6.07) is 8.18. The van der Waals surface area contributed by atoms with Crippen molar-refractivity contribution in [3.63, 3.8) is 0 Å². The fourth-order valence-electron chi connectivity index (χ4n) is 2.59. The Balaban J connectivity index is 1.95. The largest absolute Gasteiger partial charge is 0.338 e. The molecule has 1 aromatic carbocycles. The first-order chi connectivity index (χ1) is 9.66. The van der Waals surface area contributed by atoms with Gasteiger partial charge in [-0.25, -0.2) is 4.98 Å². The molecule has 1 amide bonds. The molecule has 0 spiro atoms. The van der Waals surface area contributed by atoms with Gasteiger partial charge in [-0.05, 0) is 32.3 Å². The summed E-state index contributed by atoms with van der Waals surface area (Å²) in [6.45, 7) is 5.78. The Labute approximate surface area is 123 Å². The van der Waals surface area contributed by atoms with Crippen LogP contribution in [-0.4, -0.2) is 28.9 Å². The van der Waals surface area contributed by atoms with Gasteiger partial charge in [0.05, 0.1) is 5.69 Å². The van der Waals surface area contributed by atoms with E-state index in [0.717, 1.165) is 47.1 Å². The molecule has 1 saturated heterocycles. The zero-order chi connectivity index (χ0) is 14.1. The molecule has 0 unspecified atom stereocenters. The maximum absolute atomic E-state index is 12.5. The van der Waals surface area contributed by atoms with Crippen LogP contribution < -0.4 is 0 Å². The molecule has 0 saturated carbocycles. The molecule has 0 N–H and O–H groups in total. The molecule has 0 bridgehead atoms. The van der Waals surface area contributed by atoms with E-state index in [2.05, 4.69) is 24.0 Å². The van der Waals surface area contributed by atoms with Gasteiger partial charge in [-0.15, -0.1) is 11.3 Å². The highest BCUT2D eigenvalue weighted by atomic mass is 32.1. The predicted octanol–water partition coefficient (Wildman–Crippen LogP) is 3.66. The van der Waals surface area contributed by atoms with Crippen molar-refractivity contribution in [3.8, 4) is 10.6 Å². The van der Waals surface area contributed by atoms with Crippen LogP contribution in [0.25, 0.3) is 10.6 Å². The second-order valence-electron chi connectivity index (χ2n) is 5.25. The van der Waals surface area contributed by atoms with Crippen LogP contribution in [0, 0.1) is 13.8 Å². The number of thiazole rings is 1. The molecule has 1 aromatic heterocycles. The number of rotatable bonds is 2. The van der Waals surface area contributed by atoms with Gasteiger partial charge in [-0.2, -0.15) is 0 Å². The first kappa shape index (κ1) is 13.3. The highest BCUT2D eigenvalue weighted by molar-refractivity contribution is 7.17. The molecule has 0 atom stereocenters. The normalized spacial score (nSPS) is 14.8. The van der Waals surface area contributed by atoms with E-state index in [-0.39, 0.29) is 5.91 Å². The maximum Gasteiger partial charge on any atom is 0.265 e. The van der Waals surface area contributed by atoms with Crippen molar-refractivity contribution in [1.29, 1.82) is 0 Å². The number of hydrogen-bond acceptors (Lipinski definition) is 3. The summed E-state index contributed by atoms with van der Waals surface area (Å²) in [7, 11) is 0. The van der Waals surface area contributed by atoms with Crippen molar-refractivity contribution in [3.05, 3.63) is 40.4 Å². The van der Waals surface area contributed by atoms with E-state index in [4.69, 9.17) is 0 Å². The highest BCUT2D eigenvalue weighted by Crippen LogP contribution is 2.31. The third-order valence-electron chi connectivity index (χ3n) is 3.76. The van der Waals surface area contributed by atoms with Gasteiger partial charge in [-0.1, -0.05) is 24.3 Å². The Bertz CT molecular complexity index is 642. The minimum absolute atomic E-state index is 0.150. The molecule has 4 heteroatoms. The van der Waals surface area contributed by atoms with Crippen LogP contribution in [-0.2, 0) is 0 Å². The van der Waals surface area contributed by atoms with Gasteiger partial charge in [0, 0.05) is 18.7 Å². The summed E-state index contributed by atoms with van der Waals surface area (Å²) in [5, 5.41) is 0.947. The lowest BCUT2D eigenvalue weighted by Gasteiger charge is -2.13. The maximum atomic E-state index is 12.5. The number of likely N-dealkylation sites (tertiary alicyclic amines) is 1. The van der Waals surface area contributed by atoms with Crippen molar-refractivity contribution < 1.29 is 4.79 Å². The van der Waals surface area contributed by atoms with E-state index in [0.29, 0.717) is 0 Å². The van der Waals surface area contributed by atoms with Crippen molar-refractivity contribution in [2.75, 3.05) is 13.1 Å². The zero-order valence-corrected chi connectivity index (χ0v) is 12.7. The quantitative estimate of drug-likeness (QED) is 0.844. The molecular weight excluding hydrogens is 268 g/mol. The number of carbonyl (C=O) groups is 1. The first-order valence-corrected chi connectivity index (χ1v) is 7.81. The monoisotopic (exact) mass is 286 g/mol. The Morgan fingerprint density at radius 2 is 1.90 bits per heavy atom. The molecule has 20 heavy (non-hydrogen) atoms. The number of benzene rings is 1. The SMILES string of the molecule is Cc1ccccc1-c1nc(C)c(C(=O)N2CCCC2)s1. The molecule has 3 nitrogen and oxygen atoms in total. The van der Waals surface area contributed by atoms with Crippen LogP contribution >= 0.6 is 11.3 Å². The average molecular weight is 286 g/mol. The van der Waals surface area contributed by atoms with Gasteiger partial charge in [0.25, 0.3) is 5.91 Å². The predicted molar refractivity (Wildman–Crippen MR) is 82.2 cm³/mol. The molecule has 0 aliphatic carbocycles. The van der Waals surface area contributed by atoms with Crippen LogP contribution in [0.4, 0.5) is 0 Å². The Morgan fingerprint density at radius 1 is 1.20 bits per heavy atom. The summed E-state index contributed by atoms with van der Waals surface area (Å²) in [5.74, 6) is 0.150. The molecule has 1 aliphatic rings. The Kier molecular flexibility index (Phi) is 3.57. The van der Waals surface area contributed by atoms with Gasteiger partial charge in [0.2, 0.25) is 0 Å². The Morgan fingerprint density at radius 3 is 2.60 bits per heavy atom. The molecule has 3 rings (SSSR count). The zero-order valence-electron chi connectivity index (χ0n) is 11.8. The van der Waals surface area contributed by atoms with Gasteiger partial charge >= 0.3 is 0 Å². The number of nitrogens with zero attached hydrogens (tertiary/aromatic N) is 2. The summed E-state index contributed by atoms with van der Waals surface area (Å²) >= 11 is 1.52. The molecular formula is C16H18N2OS.